The van der Waals surface area contributed by atoms with E-state index in [1.807, 2.05) is 12.1 Å². The van der Waals surface area contributed by atoms with Gasteiger partial charge in [0.05, 0.1) is 12.2 Å². The van der Waals surface area contributed by atoms with Crippen molar-refractivity contribution in [2.45, 2.75) is 45.6 Å². The van der Waals surface area contributed by atoms with Gasteiger partial charge in [0.1, 0.15) is 6.04 Å². The number of carbonyl (C=O) groups is 2. The third-order valence-electron chi connectivity index (χ3n) is 4.36. The number of morpholine rings is 1. The van der Waals surface area contributed by atoms with Crippen molar-refractivity contribution < 1.29 is 19.4 Å². The molecule has 0 radical (unpaired) electrons. The minimum absolute atomic E-state index is 0.223. The Hall–Kier alpha value is -1.92. The molecule has 1 aliphatic rings. The van der Waals surface area contributed by atoms with E-state index >= 15 is 0 Å². The number of rotatable bonds is 5. The molecule has 1 heterocycles. The van der Waals surface area contributed by atoms with Crippen LogP contribution in [0.5, 0.6) is 0 Å². The molecule has 0 unspecified atom stereocenters. The Labute approximate surface area is 143 Å². The number of aliphatic carboxylic acids is 1. The summed E-state index contributed by atoms with van der Waals surface area (Å²) < 4.78 is 5.73. The van der Waals surface area contributed by atoms with Crippen LogP contribution in [0.1, 0.15) is 36.7 Å². The second kappa shape index (κ2) is 7.77. The Bertz CT molecular complexity index is 577. The maximum atomic E-state index is 12.3. The Morgan fingerprint density at radius 2 is 1.79 bits per heavy atom. The lowest BCUT2D eigenvalue weighted by Gasteiger charge is -2.35. The van der Waals surface area contributed by atoms with E-state index in [-0.39, 0.29) is 18.1 Å². The van der Waals surface area contributed by atoms with E-state index in [1.165, 1.54) is 18.9 Å². The van der Waals surface area contributed by atoms with Gasteiger partial charge >= 0.3 is 5.97 Å². The average molecular weight is 334 g/mol. The van der Waals surface area contributed by atoms with Gasteiger partial charge in [-0.25, -0.2) is 4.79 Å². The zero-order chi connectivity index (χ0) is 17.9. The molecular formula is C18H26N2O4. The molecule has 1 saturated heterocycles. The second-order valence-corrected chi connectivity index (χ2v) is 6.58. The number of nitrogens with zero attached hydrogens (tertiary/aromatic N) is 2. The number of hydrogen-bond acceptors (Lipinski definition) is 4. The molecule has 6 nitrogen and oxygen atoms in total. The summed E-state index contributed by atoms with van der Waals surface area (Å²) >= 11 is 0. The number of hydrogen-bond donors (Lipinski definition) is 1. The van der Waals surface area contributed by atoms with Crippen LogP contribution in [0.4, 0.5) is 0 Å². The van der Waals surface area contributed by atoms with Crippen LogP contribution in [-0.2, 0) is 16.1 Å². The molecule has 24 heavy (non-hydrogen) atoms. The fraction of sp³-hybridized carbons (Fsp3) is 0.556. The van der Waals surface area contributed by atoms with E-state index in [0.717, 1.165) is 25.2 Å². The molecule has 1 fully saturated rings. The zero-order valence-electron chi connectivity index (χ0n) is 14.7. The minimum atomic E-state index is -1.02. The van der Waals surface area contributed by atoms with Crippen LogP contribution in [0.2, 0.25) is 0 Å². The van der Waals surface area contributed by atoms with Crippen LogP contribution in [0, 0.1) is 0 Å². The molecule has 132 valence electrons. The molecule has 1 aromatic carbocycles. The summed E-state index contributed by atoms with van der Waals surface area (Å²) in [6, 6.07) is 6.52. The van der Waals surface area contributed by atoms with E-state index in [0.29, 0.717) is 5.56 Å². The fourth-order valence-corrected chi connectivity index (χ4v) is 2.97. The SMILES string of the molecule is C[C@@H]1CN(Cc2ccc(C(=O)N(C)[C@@H](C)C(=O)O)cc2)C[C@H](C)O1. The van der Waals surface area contributed by atoms with Gasteiger partial charge in [-0.3, -0.25) is 9.69 Å². The van der Waals surface area contributed by atoms with Crippen LogP contribution in [0.15, 0.2) is 24.3 Å². The Morgan fingerprint density at radius 1 is 1.25 bits per heavy atom. The highest BCUT2D eigenvalue weighted by atomic mass is 16.5. The number of benzene rings is 1. The average Bonchev–Trinajstić information content (AvgIpc) is 2.52. The molecule has 0 aromatic heterocycles. The van der Waals surface area contributed by atoms with E-state index in [1.54, 1.807) is 12.1 Å². The van der Waals surface area contributed by atoms with E-state index in [4.69, 9.17) is 9.84 Å². The molecule has 0 aliphatic carbocycles. The molecule has 1 amide bonds. The first-order valence-electron chi connectivity index (χ1n) is 8.24. The lowest BCUT2D eigenvalue weighted by Crippen LogP contribution is -2.44. The van der Waals surface area contributed by atoms with Gasteiger partial charge in [0.2, 0.25) is 0 Å². The lowest BCUT2D eigenvalue weighted by atomic mass is 10.1. The van der Waals surface area contributed by atoms with E-state index in [2.05, 4.69) is 18.7 Å². The largest absolute Gasteiger partial charge is 0.480 e. The monoisotopic (exact) mass is 334 g/mol. The number of amides is 1. The highest BCUT2D eigenvalue weighted by Crippen LogP contribution is 2.15. The number of carbonyl (C=O) groups excluding carboxylic acids is 1. The molecule has 1 aromatic rings. The maximum Gasteiger partial charge on any atom is 0.326 e. The van der Waals surface area contributed by atoms with Crippen molar-refractivity contribution in [3.8, 4) is 0 Å². The van der Waals surface area contributed by atoms with Crippen LogP contribution in [0.3, 0.4) is 0 Å². The van der Waals surface area contributed by atoms with Crippen LogP contribution < -0.4 is 0 Å². The van der Waals surface area contributed by atoms with Crippen molar-refractivity contribution in [3.05, 3.63) is 35.4 Å². The van der Waals surface area contributed by atoms with Crippen LogP contribution in [0.25, 0.3) is 0 Å². The molecule has 0 spiro atoms. The molecule has 3 atom stereocenters. The Morgan fingerprint density at radius 3 is 2.29 bits per heavy atom. The number of likely N-dealkylation sites (N-methyl/N-ethyl adjacent to an activating group) is 1. The number of carboxylic acids is 1. The first-order chi connectivity index (χ1) is 11.3. The molecular weight excluding hydrogens is 308 g/mol. The summed E-state index contributed by atoms with van der Waals surface area (Å²) in [5.74, 6) is -1.30. The van der Waals surface area contributed by atoms with Crippen molar-refractivity contribution in [1.29, 1.82) is 0 Å². The van der Waals surface area contributed by atoms with Crippen LogP contribution >= 0.6 is 0 Å². The zero-order valence-corrected chi connectivity index (χ0v) is 14.7. The van der Waals surface area contributed by atoms with Crippen molar-refractivity contribution in [2.24, 2.45) is 0 Å². The van der Waals surface area contributed by atoms with Gasteiger partial charge in [-0.15, -0.1) is 0 Å². The highest BCUT2D eigenvalue weighted by Gasteiger charge is 2.24. The summed E-state index contributed by atoms with van der Waals surface area (Å²) in [7, 11) is 1.51. The normalized spacial score (nSPS) is 22.8. The smallest absolute Gasteiger partial charge is 0.326 e. The highest BCUT2D eigenvalue weighted by molar-refractivity contribution is 5.96. The van der Waals surface area contributed by atoms with Gasteiger partial charge < -0.3 is 14.7 Å². The van der Waals surface area contributed by atoms with Gasteiger partial charge in [-0.05, 0) is 38.5 Å². The summed E-state index contributed by atoms with van der Waals surface area (Å²) in [5, 5.41) is 9.01. The van der Waals surface area contributed by atoms with Crippen molar-refractivity contribution in [2.75, 3.05) is 20.1 Å². The molecule has 6 heteroatoms. The first kappa shape index (κ1) is 18.4. The minimum Gasteiger partial charge on any atom is -0.480 e. The van der Waals surface area contributed by atoms with Crippen LogP contribution in [-0.4, -0.2) is 65.2 Å². The fourth-order valence-electron chi connectivity index (χ4n) is 2.97. The molecule has 1 N–H and O–H groups in total. The predicted molar refractivity (Wildman–Crippen MR) is 90.9 cm³/mol. The van der Waals surface area contributed by atoms with Gasteiger partial charge in [-0.2, -0.15) is 0 Å². The molecule has 0 bridgehead atoms. The predicted octanol–water partition coefficient (Wildman–Crippen LogP) is 1.84. The van der Waals surface area contributed by atoms with Crippen molar-refractivity contribution in [1.82, 2.24) is 9.80 Å². The van der Waals surface area contributed by atoms with Gasteiger partial charge in [0.15, 0.2) is 0 Å². The summed E-state index contributed by atoms with van der Waals surface area (Å²) in [4.78, 5) is 26.9. The third kappa shape index (κ3) is 4.55. The molecule has 2 rings (SSSR count). The van der Waals surface area contributed by atoms with Gasteiger partial charge in [0, 0.05) is 32.2 Å². The quantitative estimate of drug-likeness (QED) is 0.890. The van der Waals surface area contributed by atoms with Crippen molar-refractivity contribution in [3.63, 3.8) is 0 Å². The van der Waals surface area contributed by atoms with Crippen molar-refractivity contribution >= 4 is 11.9 Å². The molecule has 1 aliphatic heterocycles. The summed E-state index contributed by atoms with van der Waals surface area (Å²) in [6.07, 6.45) is 0.446. The Balaban J connectivity index is 2.00. The summed E-state index contributed by atoms with van der Waals surface area (Å²) in [6.45, 7) is 8.24. The third-order valence-corrected chi connectivity index (χ3v) is 4.36. The topological polar surface area (TPSA) is 70.1 Å². The second-order valence-electron chi connectivity index (χ2n) is 6.58. The number of ether oxygens (including phenoxy) is 1. The van der Waals surface area contributed by atoms with Gasteiger partial charge in [0.25, 0.3) is 5.91 Å². The Kier molecular flexibility index (Phi) is 5.96. The molecule has 0 saturated carbocycles. The van der Waals surface area contributed by atoms with Gasteiger partial charge in [-0.1, -0.05) is 12.1 Å². The number of carboxylic acid groups (broad SMARTS) is 1. The standard InChI is InChI=1S/C18H26N2O4/c1-12-9-20(10-13(2)24-12)11-15-5-7-16(8-6-15)17(21)19(4)14(3)18(22)23/h5-8,12-14H,9-11H2,1-4H3,(H,22,23)/t12-,13+,14-/m0/s1. The first-order valence-corrected chi connectivity index (χ1v) is 8.24. The lowest BCUT2D eigenvalue weighted by molar-refractivity contribution is -0.141. The summed E-state index contributed by atoms with van der Waals surface area (Å²) in [5.41, 5.74) is 1.62. The van der Waals surface area contributed by atoms with E-state index < -0.39 is 12.0 Å². The van der Waals surface area contributed by atoms with E-state index in [9.17, 15) is 9.59 Å². The maximum absolute atomic E-state index is 12.3.